The van der Waals surface area contributed by atoms with E-state index in [2.05, 4.69) is 5.10 Å². The lowest BCUT2D eigenvalue weighted by Gasteiger charge is -2.34. The molecule has 1 amide bonds. The minimum absolute atomic E-state index is 0.0426. The van der Waals surface area contributed by atoms with Gasteiger partial charge in [0.2, 0.25) is 0 Å². The molecule has 0 saturated carbocycles. The molecular formula is C18H19N3O3. The van der Waals surface area contributed by atoms with Crippen LogP contribution in [0.2, 0.25) is 0 Å². The molecule has 1 aliphatic heterocycles. The van der Waals surface area contributed by atoms with Gasteiger partial charge >= 0.3 is 0 Å². The second kappa shape index (κ2) is 6.13. The number of morpholine rings is 1. The number of fused-ring (bicyclic) bond motifs is 1. The summed E-state index contributed by atoms with van der Waals surface area (Å²) in [6, 6.07) is 9.39. The smallest absolute Gasteiger partial charge is 0.258 e. The summed E-state index contributed by atoms with van der Waals surface area (Å²) in [7, 11) is 0. The Morgan fingerprint density at radius 3 is 3.08 bits per heavy atom. The molecule has 0 spiro atoms. The molecule has 1 fully saturated rings. The third kappa shape index (κ3) is 2.49. The van der Waals surface area contributed by atoms with E-state index in [0.717, 1.165) is 23.5 Å². The Hall–Kier alpha value is -2.60. The fourth-order valence-corrected chi connectivity index (χ4v) is 3.10. The summed E-state index contributed by atoms with van der Waals surface area (Å²) >= 11 is 0. The monoisotopic (exact) mass is 325 g/mol. The number of nitrogens with zero attached hydrogens (tertiary/aromatic N) is 3. The molecule has 1 unspecified atom stereocenters. The first-order valence-electron chi connectivity index (χ1n) is 8.17. The first kappa shape index (κ1) is 15.0. The van der Waals surface area contributed by atoms with Gasteiger partial charge in [0.15, 0.2) is 0 Å². The Morgan fingerprint density at radius 1 is 1.33 bits per heavy atom. The highest BCUT2D eigenvalue weighted by molar-refractivity contribution is 6.00. The van der Waals surface area contributed by atoms with Crippen LogP contribution in [0, 0.1) is 0 Å². The quantitative estimate of drug-likeness (QED) is 0.743. The van der Waals surface area contributed by atoms with Crippen molar-refractivity contribution in [1.82, 2.24) is 14.5 Å². The maximum Gasteiger partial charge on any atom is 0.258 e. The van der Waals surface area contributed by atoms with Crippen LogP contribution >= 0.6 is 0 Å². The van der Waals surface area contributed by atoms with E-state index in [0.29, 0.717) is 25.3 Å². The second-order valence-electron chi connectivity index (χ2n) is 5.84. The molecular weight excluding hydrogens is 306 g/mol. The topological polar surface area (TPSA) is 60.0 Å². The van der Waals surface area contributed by atoms with Crippen molar-refractivity contribution in [3.63, 3.8) is 0 Å². The Bertz CT molecular complexity index is 867. The van der Waals surface area contributed by atoms with Crippen molar-refractivity contribution in [2.75, 3.05) is 19.8 Å². The molecule has 6 nitrogen and oxygen atoms in total. The van der Waals surface area contributed by atoms with E-state index in [1.807, 2.05) is 48.4 Å². The number of hydrogen-bond acceptors (Lipinski definition) is 4. The van der Waals surface area contributed by atoms with Gasteiger partial charge in [-0.2, -0.15) is 5.10 Å². The fourth-order valence-electron chi connectivity index (χ4n) is 3.10. The zero-order chi connectivity index (χ0) is 16.5. The fraction of sp³-hybridized carbons (Fsp3) is 0.333. The highest BCUT2D eigenvalue weighted by atomic mass is 16.5. The van der Waals surface area contributed by atoms with Crippen molar-refractivity contribution in [2.45, 2.75) is 19.4 Å². The predicted molar refractivity (Wildman–Crippen MR) is 87.9 cm³/mol. The molecule has 24 heavy (non-hydrogen) atoms. The Labute approximate surface area is 139 Å². The molecule has 3 aromatic heterocycles. The van der Waals surface area contributed by atoms with Crippen LogP contribution in [0.3, 0.4) is 0 Å². The Balaban J connectivity index is 1.68. The molecule has 124 valence electrons. The lowest BCUT2D eigenvalue weighted by Crippen LogP contribution is -2.43. The maximum atomic E-state index is 13.1. The summed E-state index contributed by atoms with van der Waals surface area (Å²) in [5.74, 6) is 1.65. The lowest BCUT2D eigenvalue weighted by atomic mass is 10.1. The number of carbonyl (C=O) groups excluding carboxylic acids is 1. The van der Waals surface area contributed by atoms with Crippen molar-refractivity contribution in [1.29, 1.82) is 0 Å². The molecule has 0 N–H and O–H groups in total. The summed E-state index contributed by atoms with van der Waals surface area (Å²) < 4.78 is 13.2. The normalized spacial score (nSPS) is 18.2. The number of amides is 1. The number of furan rings is 1. The maximum absolute atomic E-state index is 13.1. The Kier molecular flexibility index (Phi) is 3.82. The van der Waals surface area contributed by atoms with Gasteiger partial charge in [0, 0.05) is 19.2 Å². The van der Waals surface area contributed by atoms with Crippen molar-refractivity contribution >= 4 is 11.4 Å². The highest BCUT2D eigenvalue weighted by Gasteiger charge is 2.32. The van der Waals surface area contributed by atoms with Crippen LogP contribution < -0.4 is 0 Å². The zero-order valence-electron chi connectivity index (χ0n) is 13.5. The molecule has 0 aliphatic carbocycles. The molecule has 1 saturated heterocycles. The van der Waals surface area contributed by atoms with Crippen molar-refractivity contribution in [3.8, 4) is 0 Å². The van der Waals surface area contributed by atoms with Gasteiger partial charge in [0.05, 0.1) is 30.5 Å². The molecule has 1 atom stereocenters. The van der Waals surface area contributed by atoms with E-state index < -0.39 is 0 Å². The standard InChI is InChI=1S/C18H19N3O3/c1-2-13-6-7-17(24-13)16-12-23-10-9-20(16)18(22)14-11-19-21-8-4-3-5-15(14)21/h3-8,11,16H,2,9-10,12H2,1H3. The van der Waals surface area contributed by atoms with E-state index in [1.165, 1.54) is 0 Å². The highest BCUT2D eigenvalue weighted by Crippen LogP contribution is 2.28. The molecule has 0 aromatic carbocycles. The number of rotatable bonds is 3. The van der Waals surface area contributed by atoms with Crippen LogP contribution in [-0.4, -0.2) is 40.2 Å². The zero-order valence-corrected chi connectivity index (χ0v) is 13.5. The Morgan fingerprint density at radius 2 is 2.25 bits per heavy atom. The van der Waals surface area contributed by atoms with E-state index >= 15 is 0 Å². The first-order valence-corrected chi connectivity index (χ1v) is 8.17. The van der Waals surface area contributed by atoms with Crippen LogP contribution in [0.5, 0.6) is 0 Å². The van der Waals surface area contributed by atoms with Gasteiger partial charge in [0.25, 0.3) is 5.91 Å². The number of ether oxygens (including phenoxy) is 1. The van der Waals surface area contributed by atoms with Gasteiger partial charge in [-0.1, -0.05) is 13.0 Å². The first-order chi connectivity index (χ1) is 11.8. The van der Waals surface area contributed by atoms with Gasteiger partial charge in [-0.05, 0) is 24.3 Å². The van der Waals surface area contributed by atoms with Crippen molar-refractivity contribution < 1.29 is 13.9 Å². The predicted octanol–water partition coefficient (Wildman–Crippen LogP) is 2.70. The molecule has 4 heterocycles. The largest absolute Gasteiger partial charge is 0.464 e. The van der Waals surface area contributed by atoms with E-state index in [9.17, 15) is 4.79 Å². The molecule has 4 rings (SSSR count). The summed E-state index contributed by atoms with van der Waals surface area (Å²) in [4.78, 5) is 14.9. The number of hydrogen-bond donors (Lipinski definition) is 0. The van der Waals surface area contributed by atoms with E-state index in [1.54, 1.807) is 10.7 Å². The number of carbonyl (C=O) groups is 1. The lowest BCUT2D eigenvalue weighted by molar-refractivity contribution is -0.00891. The number of aromatic nitrogens is 2. The van der Waals surface area contributed by atoms with Gasteiger partial charge in [0.1, 0.15) is 17.6 Å². The summed E-state index contributed by atoms with van der Waals surface area (Å²) in [6.45, 7) is 3.56. The molecule has 0 radical (unpaired) electrons. The summed E-state index contributed by atoms with van der Waals surface area (Å²) in [5.41, 5.74) is 1.41. The third-order valence-corrected chi connectivity index (χ3v) is 4.41. The molecule has 6 heteroatoms. The van der Waals surface area contributed by atoms with E-state index in [-0.39, 0.29) is 11.9 Å². The van der Waals surface area contributed by atoms with Gasteiger partial charge in [-0.15, -0.1) is 0 Å². The van der Waals surface area contributed by atoms with Crippen LogP contribution in [0.15, 0.2) is 47.1 Å². The van der Waals surface area contributed by atoms with Crippen LogP contribution in [0.25, 0.3) is 5.52 Å². The number of aryl methyl sites for hydroxylation is 1. The van der Waals surface area contributed by atoms with Gasteiger partial charge in [-0.25, -0.2) is 4.52 Å². The van der Waals surface area contributed by atoms with Crippen molar-refractivity contribution in [2.24, 2.45) is 0 Å². The van der Waals surface area contributed by atoms with Gasteiger partial charge < -0.3 is 14.1 Å². The van der Waals surface area contributed by atoms with Crippen LogP contribution in [-0.2, 0) is 11.2 Å². The number of pyridine rings is 1. The molecule has 0 bridgehead atoms. The summed E-state index contributed by atoms with van der Waals surface area (Å²) in [5, 5.41) is 4.26. The summed E-state index contributed by atoms with van der Waals surface area (Å²) in [6.07, 6.45) is 4.29. The molecule has 3 aromatic rings. The SMILES string of the molecule is CCc1ccc(C2COCCN2C(=O)c2cnn3ccccc23)o1. The minimum Gasteiger partial charge on any atom is -0.464 e. The van der Waals surface area contributed by atoms with Crippen LogP contribution in [0.1, 0.15) is 34.8 Å². The van der Waals surface area contributed by atoms with Gasteiger partial charge in [-0.3, -0.25) is 4.79 Å². The van der Waals surface area contributed by atoms with Crippen molar-refractivity contribution in [3.05, 3.63) is 59.8 Å². The average molecular weight is 325 g/mol. The minimum atomic E-state index is -0.204. The molecule has 1 aliphatic rings. The third-order valence-electron chi connectivity index (χ3n) is 4.41. The van der Waals surface area contributed by atoms with E-state index in [4.69, 9.17) is 9.15 Å². The average Bonchev–Trinajstić information content (AvgIpc) is 3.28. The second-order valence-corrected chi connectivity index (χ2v) is 5.84. The van der Waals surface area contributed by atoms with Crippen LogP contribution in [0.4, 0.5) is 0 Å².